The third kappa shape index (κ3) is 5.29. The summed E-state index contributed by atoms with van der Waals surface area (Å²) in [5, 5.41) is 7.96. The molecule has 0 saturated heterocycles. The van der Waals surface area contributed by atoms with Gasteiger partial charge in [-0.2, -0.15) is 0 Å². The number of para-hydroxylation sites is 2. The van der Waals surface area contributed by atoms with E-state index in [2.05, 4.69) is 215 Å². The van der Waals surface area contributed by atoms with E-state index in [0.29, 0.717) is 0 Å². The number of aryl methyl sites for hydroxylation is 1. The number of hydrogen-bond donors (Lipinski definition) is 1. The van der Waals surface area contributed by atoms with Gasteiger partial charge in [0.2, 0.25) is 7.28 Å². The Morgan fingerprint density at radius 2 is 1.18 bits per heavy atom. The lowest BCUT2D eigenvalue weighted by molar-refractivity contribution is 0.332. The van der Waals surface area contributed by atoms with E-state index in [1.807, 2.05) is 11.3 Å². The van der Waals surface area contributed by atoms with Crippen LogP contribution in [0.1, 0.15) is 79.5 Å². The molecule has 0 atom stereocenters. The van der Waals surface area contributed by atoms with Crippen LogP contribution in [0.2, 0.25) is 0 Å². The van der Waals surface area contributed by atoms with Crippen LogP contribution < -0.4 is 20.5 Å². The van der Waals surface area contributed by atoms with Crippen molar-refractivity contribution in [3.05, 3.63) is 209 Å². The van der Waals surface area contributed by atoms with Crippen molar-refractivity contribution in [3.8, 4) is 11.1 Å². The Balaban J connectivity index is 1.19. The summed E-state index contributed by atoms with van der Waals surface area (Å²) in [5.41, 5.74) is 19.1. The van der Waals surface area contributed by atoms with Crippen molar-refractivity contribution >= 4 is 78.2 Å². The molecule has 0 radical (unpaired) electrons. The topological polar surface area (TPSA) is 15.3 Å². The van der Waals surface area contributed by atoms with Gasteiger partial charge in [-0.25, -0.2) is 0 Å². The van der Waals surface area contributed by atoms with E-state index in [0.717, 1.165) is 13.0 Å². The molecule has 4 heteroatoms. The van der Waals surface area contributed by atoms with Crippen LogP contribution >= 0.6 is 11.3 Å². The van der Waals surface area contributed by atoms with E-state index in [1.165, 1.54) is 117 Å². The van der Waals surface area contributed by atoms with E-state index in [1.54, 1.807) is 0 Å². The molecule has 0 amide bonds. The number of hydrogen-bond acceptors (Lipinski definition) is 3. The van der Waals surface area contributed by atoms with Crippen LogP contribution in [0, 0.1) is 6.92 Å². The number of thiophene rings is 1. The average molecular weight is 817 g/mol. The summed E-state index contributed by atoms with van der Waals surface area (Å²) in [6.07, 6.45) is 2.37. The van der Waals surface area contributed by atoms with Crippen molar-refractivity contribution < 1.29 is 0 Å². The molecule has 300 valence electrons. The first kappa shape index (κ1) is 37.4. The van der Waals surface area contributed by atoms with E-state index >= 15 is 0 Å². The minimum Gasteiger partial charge on any atom is -0.354 e. The summed E-state index contributed by atoms with van der Waals surface area (Å²) in [7, 11) is 0.853. The second-order valence-electron chi connectivity index (χ2n) is 19.2. The number of rotatable bonds is 4. The Kier molecular flexibility index (Phi) is 8.19. The molecule has 9 aromatic rings. The number of nitrogens with one attached hydrogen (secondary N) is 1. The fourth-order valence-corrected chi connectivity index (χ4v) is 12.8. The summed E-state index contributed by atoms with van der Waals surface area (Å²) in [4.78, 5) is 2.67. The molecule has 0 saturated carbocycles. The fraction of sp³-hybridized carbons (Fsp3) is 0.172. The highest BCUT2D eigenvalue weighted by molar-refractivity contribution is 7.29. The zero-order valence-electron chi connectivity index (χ0n) is 36.1. The van der Waals surface area contributed by atoms with Gasteiger partial charge in [0, 0.05) is 32.7 Å². The van der Waals surface area contributed by atoms with Crippen LogP contribution in [0.3, 0.4) is 0 Å². The van der Waals surface area contributed by atoms with Crippen molar-refractivity contribution in [3.63, 3.8) is 0 Å². The van der Waals surface area contributed by atoms with Gasteiger partial charge in [-0.3, -0.25) is 0 Å². The largest absolute Gasteiger partial charge is 0.354 e. The predicted octanol–water partition coefficient (Wildman–Crippen LogP) is 14.0. The maximum Gasteiger partial charge on any atom is 0.211 e. The molecule has 0 unspecified atom stereocenters. The Labute approximate surface area is 370 Å². The van der Waals surface area contributed by atoms with Gasteiger partial charge < -0.3 is 10.2 Å². The van der Waals surface area contributed by atoms with Gasteiger partial charge in [0.1, 0.15) is 0 Å². The Morgan fingerprint density at radius 3 is 1.92 bits per heavy atom. The van der Waals surface area contributed by atoms with Gasteiger partial charge in [-0.1, -0.05) is 173 Å². The standard InChI is InChI=1S/C58H49BN2S/c1-36-33-45-46(57(4,5)32-31-56(45,2)3)35-48(36)61-49-34-37-19-12-13-24-40(37)51(52(49)59-55-54(61)41-25-14-17-30-50(41)62-55)42-26-18-28-44-53(42)60-47-29-16-15-27-43(47)58(44,38-20-8-6-9-21-38)39-22-10-7-11-23-39/h6-30,33-35,59-60H,31-32H2,1-5H3. The SMILES string of the molecule is Cc1cc2c(cc1N1c3cc4ccccc4c(-c4cccc5c4Nc4ccccc4C5(c4ccccc4)c4ccccc4)c3Bc3sc4ccccc4c31)C(C)(C)CCC2(C)C. The second-order valence-corrected chi connectivity index (χ2v) is 20.3. The maximum atomic E-state index is 4.11. The molecule has 3 heterocycles. The van der Waals surface area contributed by atoms with Crippen molar-refractivity contribution in [2.45, 2.75) is 63.7 Å². The van der Waals surface area contributed by atoms with Gasteiger partial charge in [0.05, 0.1) is 16.8 Å². The van der Waals surface area contributed by atoms with E-state index < -0.39 is 5.41 Å². The van der Waals surface area contributed by atoms with E-state index in [-0.39, 0.29) is 10.8 Å². The zero-order valence-corrected chi connectivity index (χ0v) is 37.0. The number of fused-ring (bicyclic) bond motifs is 8. The minimum absolute atomic E-state index is 0.0784. The highest BCUT2D eigenvalue weighted by atomic mass is 32.1. The normalized spacial score (nSPS) is 16.3. The Bertz CT molecular complexity index is 3230. The van der Waals surface area contributed by atoms with Gasteiger partial charge in [0.15, 0.2) is 0 Å². The van der Waals surface area contributed by atoms with Crippen molar-refractivity contribution in [1.82, 2.24) is 0 Å². The molecule has 8 aromatic carbocycles. The van der Waals surface area contributed by atoms with Gasteiger partial charge in [-0.15, -0.1) is 11.3 Å². The number of benzene rings is 8. The minimum atomic E-state index is -0.550. The molecule has 0 bridgehead atoms. The number of nitrogens with zero attached hydrogens (tertiary/aromatic N) is 1. The molecule has 1 aromatic heterocycles. The molecule has 0 spiro atoms. The highest BCUT2D eigenvalue weighted by Gasteiger charge is 2.45. The summed E-state index contributed by atoms with van der Waals surface area (Å²) < 4.78 is 2.75. The molecule has 1 N–H and O–H groups in total. The third-order valence-corrected chi connectivity index (χ3v) is 15.9. The first-order valence-electron chi connectivity index (χ1n) is 22.3. The molecular weight excluding hydrogens is 768 g/mol. The van der Waals surface area contributed by atoms with Crippen LogP contribution in [0.25, 0.3) is 32.0 Å². The molecule has 1 aliphatic carbocycles. The van der Waals surface area contributed by atoms with Gasteiger partial charge >= 0.3 is 0 Å². The first-order valence-corrected chi connectivity index (χ1v) is 23.1. The lowest BCUT2D eigenvalue weighted by Crippen LogP contribution is -2.40. The van der Waals surface area contributed by atoms with Gasteiger partial charge in [-0.05, 0) is 120 Å². The molecule has 2 nitrogen and oxygen atoms in total. The quantitative estimate of drug-likeness (QED) is 0.178. The summed E-state index contributed by atoms with van der Waals surface area (Å²) in [5.74, 6) is 0. The molecule has 0 fully saturated rings. The zero-order chi connectivity index (χ0) is 42.0. The molecule has 2 aliphatic heterocycles. The second kappa shape index (κ2) is 13.6. The van der Waals surface area contributed by atoms with Crippen LogP contribution in [0.5, 0.6) is 0 Å². The molecule has 3 aliphatic rings. The molecule has 12 rings (SSSR count). The lowest BCUT2D eigenvalue weighted by Gasteiger charge is -2.44. The smallest absolute Gasteiger partial charge is 0.211 e. The Hall–Kier alpha value is -6.36. The predicted molar refractivity (Wildman–Crippen MR) is 267 cm³/mol. The monoisotopic (exact) mass is 816 g/mol. The van der Waals surface area contributed by atoms with Crippen molar-refractivity contribution in [1.29, 1.82) is 0 Å². The molecule has 62 heavy (non-hydrogen) atoms. The molecular formula is C58H49BN2S. The van der Waals surface area contributed by atoms with Gasteiger partial charge in [0.25, 0.3) is 0 Å². The lowest BCUT2D eigenvalue weighted by atomic mass is 9.60. The van der Waals surface area contributed by atoms with Crippen LogP contribution in [-0.4, -0.2) is 7.28 Å². The summed E-state index contributed by atoms with van der Waals surface area (Å²) in [6.45, 7) is 12.1. The van der Waals surface area contributed by atoms with Crippen LogP contribution in [0.15, 0.2) is 170 Å². The van der Waals surface area contributed by atoms with Crippen molar-refractivity contribution in [2.75, 3.05) is 10.2 Å². The Morgan fingerprint density at radius 1 is 0.565 bits per heavy atom. The van der Waals surface area contributed by atoms with Crippen LogP contribution in [0.4, 0.5) is 28.4 Å². The van der Waals surface area contributed by atoms with Crippen LogP contribution in [-0.2, 0) is 16.2 Å². The highest BCUT2D eigenvalue weighted by Crippen LogP contribution is 2.57. The average Bonchev–Trinajstić information content (AvgIpc) is 3.67. The fourth-order valence-electron chi connectivity index (χ4n) is 11.6. The first-order chi connectivity index (χ1) is 30.1. The number of anilines is 5. The summed E-state index contributed by atoms with van der Waals surface area (Å²) >= 11 is 1.96. The van der Waals surface area contributed by atoms with E-state index in [9.17, 15) is 0 Å². The maximum absolute atomic E-state index is 4.11. The third-order valence-electron chi connectivity index (χ3n) is 14.7. The van der Waals surface area contributed by atoms with E-state index in [4.69, 9.17) is 0 Å². The van der Waals surface area contributed by atoms with Crippen molar-refractivity contribution in [2.24, 2.45) is 0 Å². The summed E-state index contributed by atoms with van der Waals surface area (Å²) in [6, 6.07) is 64.1.